The van der Waals surface area contributed by atoms with Crippen molar-refractivity contribution in [2.75, 3.05) is 39.2 Å². The second-order valence-corrected chi connectivity index (χ2v) is 6.76. The first-order valence-electron chi connectivity index (χ1n) is 9.60. The Kier molecular flexibility index (Phi) is 6.90. The second kappa shape index (κ2) is 9.78. The van der Waals surface area contributed by atoms with Crippen LogP contribution in [0.2, 0.25) is 0 Å². The van der Waals surface area contributed by atoms with Gasteiger partial charge in [-0.3, -0.25) is 9.59 Å². The van der Waals surface area contributed by atoms with Crippen molar-refractivity contribution in [1.29, 1.82) is 0 Å². The molecule has 0 saturated carbocycles. The highest BCUT2D eigenvalue weighted by atomic mass is 16.6. The van der Waals surface area contributed by atoms with Gasteiger partial charge in [-0.2, -0.15) is 0 Å². The third-order valence-electron chi connectivity index (χ3n) is 4.76. The van der Waals surface area contributed by atoms with Crippen LogP contribution in [0.1, 0.15) is 33.6 Å². The van der Waals surface area contributed by atoms with Crippen LogP contribution >= 0.6 is 0 Å². The number of hydrogen-bond donors (Lipinski definition) is 1. The van der Waals surface area contributed by atoms with E-state index in [4.69, 9.17) is 9.47 Å². The lowest BCUT2D eigenvalue weighted by atomic mass is 10.1. The molecule has 158 valence electrons. The van der Waals surface area contributed by atoms with Crippen LogP contribution in [0.5, 0.6) is 11.5 Å². The van der Waals surface area contributed by atoms with Crippen molar-refractivity contribution in [2.24, 2.45) is 0 Å². The Labute approximate surface area is 174 Å². The van der Waals surface area contributed by atoms with Gasteiger partial charge < -0.3 is 24.4 Å². The van der Waals surface area contributed by atoms with Crippen molar-refractivity contribution in [1.82, 2.24) is 4.90 Å². The van der Waals surface area contributed by atoms with E-state index in [0.717, 1.165) is 25.9 Å². The molecule has 1 aliphatic rings. The monoisotopic (exact) mass is 412 g/mol. The Morgan fingerprint density at radius 2 is 1.73 bits per heavy atom. The molecule has 1 fully saturated rings. The van der Waals surface area contributed by atoms with Crippen LogP contribution < -0.4 is 14.8 Å². The number of carbonyl (C=O) groups excluding carboxylic acids is 3. The molecule has 8 heteroatoms. The Bertz CT molecular complexity index is 937. The smallest absolute Gasteiger partial charge is 0.343 e. The number of rotatable bonds is 7. The SMILES string of the molecule is COC(=O)COc1ccc(C(=O)Nc2cccc(C(=O)N3CCCC3)c2)cc1OC. The number of anilines is 1. The molecule has 3 rings (SSSR count). The van der Waals surface area contributed by atoms with Gasteiger partial charge in [0.2, 0.25) is 0 Å². The predicted octanol–water partition coefficient (Wildman–Crippen LogP) is 2.74. The van der Waals surface area contributed by atoms with Crippen molar-refractivity contribution < 1.29 is 28.6 Å². The molecular formula is C22H24N2O6. The zero-order valence-corrected chi connectivity index (χ0v) is 17.0. The van der Waals surface area contributed by atoms with Crippen LogP contribution in [0.4, 0.5) is 5.69 Å². The van der Waals surface area contributed by atoms with Crippen LogP contribution in [-0.2, 0) is 9.53 Å². The minimum absolute atomic E-state index is 0.0302. The van der Waals surface area contributed by atoms with Crippen molar-refractivity contribution in [3.05, 3.63) is 53.6 Å². The number of amides is 2. The fourth-order valence-corrected chi connectivity index (χ4v) is 3.16. The Balaban J connectivity index is 1.70. The largest absolute Gasteiger partial charge is 0.493 e. The number of hydrogen-bond acceptors (Lipinski definition) is 6. The maximum absolute atomic E-state index is 12.7. The molecule has 0 aliphatic carbocycles. The molecule has 1 aliphatic heterocycles. The van der Waals surface area contributed by atoms with Gasteiger partial charge in [0.1, 0.15) is 0 Å². The maximum Gasteiger partial charge on any atom is 0.343 e. The lowest BCUT2D eigenvalue weighted by molar-refractivity contribution is -0.142. The lowest BCUT2D eigenvalue weighted by Gasteiger charge is -2.16. The van der Waals surface area contributed by atoms with E-state index in [-0.39, 0.29) is 18.4 Å². The Hall–Kier alpha value is -3.55. The minimum Gasteiger partial charge on any atom is -0.493 e. The molecule has 0 bridgehead atoms. The molecule has 1 saturated heterocycles. The molecule has 0 atom stereocenters. The normalized spacial score (nSPS) is 12.9. The first-order chi connectivity index (χ1) is 14.5. The Morgan fingerprint density at radius 1 is 0.967 bits per heavy atom. The van der Waals surface area contributed by atoms with Crippen LogP contribution in [-0.4, -0.2) is 56.6 Å². The summed E-state index contributed by atoms with van der Waals surface area (Å²) in [6.45, 7) is 1.26. The summed E-state index contributed by atoms with van der Waals surface area (Å²) in [6, 6.07) is 11.5. The van der Waals surface area contributed by atoms with Gasteiger partial charge in [0.25, 0.3) is 11.8 Å². The van der Waals surface area contributed by atoms with Gasteiger partial charge >= 0.3 is 5.97 Å². The van der Waals surface area contributed by atoms with E-state index in [1.165, 1.54) is 20.3 Å². The molecule has 8 nitrogen and oxygen atoms in total. The molecule has 2 aromatic rings. The Morgan fingerprint density at radius 3 is 2.43 bits per heavy atom. The van der Waals surface area contributed by atoms with E-state index in [1.54, 1.807) is 36.4 Å². The highest BCUT2D eigenvalue weighted by Gasteiger charge is 2.20. The molecule has 2 aromatic carbocycles. The van der Waals surface area contributed by atoms with Crippen molar-refractivity contribution in [2.45, 2.75) is 12.8 Å². The summed E-state index contributed by atoms with van der Waals surface area (Å²) in [5.41, 5.74) is 1.41. The summed E-state index contributed by atoms with van der Waals surface area (Å²) in [4.78, 5) is 38.3. The molecule has 1 N–H and O–H groups in total. The zero-order chi connectivity index (χ0) is 21.5. The van der Waals surface area contributed by atoms with Crippen molar-refractivity contribution in [3.63, 3.8) is 0 Å². The highest BCUT2D eigenvalue weighted by Crippen LogP contribution is 2.28. The summed E-state index contributed by atoms with van der Waals surface area (Å²) in [5, 5.41) is 2.79. The van der Waals surface area contributed by atoms with Crippen LogP contribution in [0.25, 0.3) is 0 Å². The van der Waals surface area contributed by atoms with Crippen molar-refractivity contribution in [3.8, 4) is 11.5 Å². The molecule has 0 unspecified atom stereocenters. The maximum atomic E-state index is 12.7. The van der Waals surface area contributed by atoms with Gasteiger partial charge in [0.05, 0.1) is 14.2 Å². The minimum atomic E-state index is -0.526. The van der Waals surface area contributed by atoms with Crippen LogP contribution in [0, 0.1) is 0 Å². The van der Waals surface area contributed by atoms with E-state index in [9.17, 15) is 14.4 Å². The summed E-state index contributed by atoms with van der Waals surface area (Å²) in [6.07, 6.45) is 2.03. The van der Waals surface area contributed by atoms with E-state index in [1.807, 2.05) is 4.90 Å². The number of likely N-dealkylation sites (tertiary alicyclic amines) is 1. The van der Waals surface area contributed by atoms with E-state index >= 15 is 0 Å². The van der Waals surface area contributed by atoms with Crippen LogP contribution in [0.3, 0.4) is 0 Å². The topological polar surface area (TPSA) is 94.2 Å². The number of esters is 1. The van der Waals surface area contributed by atoms with Gasteiger partial charge in [0.15, 0.2) is 18.1 Å². The molecular weight excluding hydrogens is 388 g/mol. The molecule has 2 amide bonds. The average Bonchev–Trinajstić information content (AvgIpc) is 3.31. The zero-order valence-electron chi connectivity index (χ0n) is 17.0. The number of methoxy groups -OCH3 is 2. The van der Waals surface area contributed by atoms with Gasteiger partial charge in [-0.15, -0.1) is 0 Å². The van der Waals surface area contributed by atoms with Crippen LogP contribution in [0.15, 0.2) is 42.5 Å². The second-order valence-electron chi connectivity index (χ2n) is 6.76. The molecule has 0 radical (unpaired) electrons. The number of nitrogens with one attached hydrogen (secondary N) is 1. The molecule has 30 heavy (non-hydrogen) atoms. The number of nitrogens with zero attached hydrogens (tertiary/aromatic N) is 1. The average molecular weight is 412 g/mol. The number of benzene rings is 2. The van der Waals surface area contributed by atoms with Crippen molar-refractivity contribution >= 4 is 23.5 Å². The van der Waals surface area contributed by atoms with Gasteiger partial charge in [-0.25, -0.2) is 4.79 Å². The lowest BCUT2D eigenvalue weighted by Crippen LogP contribution is -2.27. The van der Waals surface area contributed by atoms with E-state index < -0.39 is 5.97 Å². The molecule has 1 heterocycles. The third-order valence-corrected chi connectivity index (χ3v) is 4.76. The van der Waals surface area contributed by atoms with Gasteiger partial charge in [-0.1, -0.05) is 6.07 Å². The molecule has 0 spiro atoms. The fraction of sp³-hybridized carbons (Fsp3) is 0.318. The first-order valence-corrected chi connectivity index (χ1v) is 9.60. The third kappa shape index (κ3) is 5.08. The molecule has 0 aromatic heterocycles. The standard InChI is InChI=1S/C22H24N2O6/c1-28-19-13-15(8-9-18(19)30-14-20(25)29-2)21(26)23-17-7-5-6-16(12-17)22(27)24-10-3-4-11-24/h5-9,12-13H,3-4,10-11,14H2,1-2H3,(H,23,26). The summed E-state index contributed by atoms with van der Waals surface area (Å²) in [7, 11) is 2.71. The predicted molar refractivity (Wildman–Crippen MR) is 110 cm³/mol. The fourth-order valence-electron chi connectivity index (χ4n) is 3.16. The highest BCUT2D eigenvalue weighted by molar-refractivity contribution is 6.05. The summed E-state index contributed by atoms with van der Waals surface area (Å²) >= 11 is 0. The van der Waals surface area contributed by atoms with E-state index in [2.05, 4.69) is 10.1 Å². The summed E-state index contributed by atoms with van der Waals surface area (Å²) in [5.74, 6) is -0.291. The van der Waals surface area contributed by atoms with Gasteiger partial charge in [0, 0.05) is 29.9 Å². The first kappa shape index (κ1) is 21.2. The number of ether oxygens (including phenoxy) is 3. The quantitative estimate of drug-likeness (QED) is 0.703. The van der Waals surface area contributed by atoms with E-state index in [0.29, 0.717) is 28.3 Å². The van der Waals surface area contributed by atoms with Gasteiger partial charge in [-0.05, 0) is 49.2 Å². The number of carbonyl (C=O) groups is 3. The summed E-state index contributed by atoms with van der Waals surface area (Å²) < 4.78 is 15.1.